The summed E-state index contributed by atoms with van der Waals surface area (Å²) in [5.41, 5.74) is 0.0648. The molecule has 0 aliphatic heterocycles. The van der Waals surface area contributed by atoms with Crippen molar-refractivity contribution in [2.45, 2.75) is 6.42 Å². The van der Waals surface area contributed by atoms with Gasteiger partial charge in [0.25, 0.3) is 5.91 Å². The van der Waals surface area contributed by atoms with E-state index in [4.69, 9.17) is 9.88 Å². The molecule has 1 amide bonds. The second-order valence-electron chi connectivity index (χ2n) is 3.83. The predicted octanol–water partition coefficient (Wildman–Crippen LogP) is -0.191. The zero-order valence-corrected chi connectivity index (χ0v) is 11.2. The number of amides is 1. The van der Waals surface area contributed by atoms with Crippen molar-refractivity contribution in [3.8, 4) is 11.5 Å². The lowest BCUT2D eigenvalue weighted by Gasteiger charge is -2.09. The van der Waals surface area contributed by atoms with Crippen LogP contribution in [-0.4, -0.2) is 38.8 Å². The first-order chi connectivity index (χ1) is 8.85. The van der Waals surface area contributed by atoms with Crippen LogP contribution < -0.4 is 15.2 Å². The predicted molar refractivity (Wildman–Crippen MR) is 69.6 cm³/mol. The molecule has 4 N–H and O–H groups in total. The summed E-state index contributed by atoms with van der Waals surface area (Å²) in [5.74, 6) is -0.783. The Balaban J connectivity index is 2.59. The Morgan fingerprint density at radius 1 is 1.47 bits per heavy atom. The lowest BCUT2D eigenvalue weighted by Crippen LogP contribution is -2.27. The summed E-state index contributed by atoms with van der Waals surface area (Å²) in [6.45, 7) is 0.145. The number of ether oxygens (including phenoxy) is 1. The second-order valence-corrected chi connectivity index (χ2v) is 5.57. The molecule has 0 atom stereocenters. The van der Waals surface area contributed by atoms with Gasteiger partial charge in [-0.1, -0.05) is 6.07 Å². The Bertz CT molecular complexity index is 556. The quantitative estimate of drug-likeness (QED) is 0.627. The third-order valence-corrected chi connectivity index (χ3v) is 3.21. The molecular formula is C11H16N2O5S. The summed E-state index contributed by atoms with van der Waals surface area (Å²) in [7, 11) is -2.15. The van der Waals surface area contributed by atoms with Crippen LogP contribution in [0.5, 0.6) is 11.5 Å². The molecule has 0 heterocycles. The van der Waals surface area contributed by atoms with Crippen LogP contribution in [-0.2, 0) is 10.0 Å². The molecule has 1 aromatic carbocycles. The monoisotopic (exact) mass is 288 g/mol. The summed E-state index contributed by atoms with van der Waals surface area (Å²) < 4.78 is 26.3. The fraction of sp³-hybridized carbons (Fsp3) is 0.364. The molecule has 106 valence electrons. The van der Waals surface area contributed by atoms with Crippen molar-refractivity contribution in [3.63, 3.8) is 0 Å². The molecule has 0 aliphatic rings. The lowest BCUT2D eigenvalue weighted by molar-refractivity contribution is 0.0950. The van der Waals surface area contributed by atoms with E-state index < -0.39 is 15.9 Å². The minimum Gasteiger partial charge on any atom is -0.504 e. The van der Waals surface area contributed by atoms with Crippen molar-refractivity contribution in [2.75, 3.05) is 19.4 Å². The van der Waals surface area contributed by atoms with E-state index in [2.05, 4.69) is 5.32 Å². The average molecular weight is 288 g/mol. The van der Waals surface area contributed by atoms with Crippen LogP contribution >= 0.6 is 0 Å². The molecule has 0 saturated carbocycles. The van der Waals surface area contributed by atoms with Crippen molar-refractivity contribution >= 4 is 15.9 Å². The lowest BCUT2D eigenvalue weighted by atomic mass is 10.1. The van der Waals surface area contributed by atoms with Crippen LogP contribution in [0.15, 0.2) is 18.2 Å². The molecule has 0 fully saturated rings. The van der Waals surface area contributed by atoms with Crippen LogP contribution in [0.4, 0.5) is 0 Å². The number of para-hydroxylation sites is 1. The summed E-state index contributed by atoms with van der Waals surface area (Å²) in [4.78, 5) is 11.8. The maximum absolute atomic E-state index is 11.8. The van der Waals surface area contributed by atoms with E-state index in [0.29, 0.717) is 0 Å². The largest absolute Gasteiger partial charge is 0.504 e. The Morgan fingerprint density at radius 2 is 2.16 bits per heavy atom. The van der Waals surface area contributed by atoms with E-state index in [-0.39, 0.29) is 35.8 Å². The third-order valence-electron chi connectivity index (χ3n) is 2.35. The van der Waals surface area contributed by atoms with Gasteiger partial charge in [-0.2, -0.15) is 0 Å². The Hall–Kier alpha value is -1.80. The molecule has 0 bridgehead atoms. The van der Waals surface area contributed by atoms with Crippen LogP contribution in [0, 0.1) is 0 Å². The van der Waals surface area contributed by atoms with Gasteiger partial charge in [0.2, 0.25) is 10.0 Å². The van der Waals surface area contributed by atoms with Gasteiger partial charge in [0.15, 0.2) is 11.5 Å². The molecule has 19 heavy (non-hydrogen) atoms. The number of phenolic OH excluding ortho intramolecular Hbond substituents is 1. The van der Waals surface area contributed by atoms with E-state index in [9.17, 15) is 18.3 Å². The topological polar surface area (TPSA) is 119 Å². The van der Waals surface area contributed by atoms with Crippen molar-refractivity contribution in [3.05, 3.63) is 23.8 Å². The molecule has 1 aromatic rings. The normalized spacial score (nSPS) is 11.1. The summed E-state index contributed by atoms with van der Waals surface area (Å²) in [6.07, 6.45) is 0.204. The smallest absolute Gasteiger partial charge is 0.255 e. The van der Waals surface area contributed by atoms with Crippen molar-refractivity contribution in [1.82, 2.24) is 5.32 Å². The van der Waals surface area contributed by atoms with Crippen LogP contribution in [0.3, 0.4) is 0 Å². The maximum Gasteiger partial charge on any atom is 0.255 e. The SMILES string of the molecule is COc1cccc(C(=O)NCCCS(N)(=O)=O)c1O. The number of primary sulfonamides is 1. The number of carbonyl (C=O) groups excluding carboxylic acids is 1. The van der Waals surface area contributed by atoms with E-state index >= 15 is 0 Å². The number of hydrogen-bond acceptors (Lipinski definition) is 5. The van der Waals surface area contributed by atoms with Crippen LogP contribution in [0.1, 0.15) is 16.8 Å². The molecule has 0 spiro atoms. The minimum atomic E-state index is -3.53. The van der Waals surface area contributed by atoms with E-state index in [1.165, 1.54) is 19.2 Å². The van der Waals surface area contributed by atoms with Crippen LogP contribution in [0.25, 0.3) is 0 Å². The van der Waals surface area contributed by atoms with E-state index in [1.54, 1.807) is 6.07 Å². The number of carbonyl (C=O) groups is 1. The second kappa shape index (κ2) is 6.39. The average Bonchev–Trinajstić information content (AvgIpc) is 2.33. The molecule has 0 unspecified atom stereocenters. The van der Waals surface area contributed by atoms with Crippen LogP contribution in [0.2, 0.25) is 0 Å². The number of phenols is 1. The molecule has 0 aliphatic carbocycles. The van der Waals surface area contributed by atoms with Gasteiger partial charge in [0, 0.05) is 6.54 Å². The van der Waals surface area contributed by atoms with Gasteiger partial charge < -0.3 is 15.2 Å². The van der Waals surface area contributed by atoms with Crippen molar-refractivity contribution < 1.29 is 23.1 Å². The zero-order chi connectivity index (χ0) is 14.5. The van der Waals surface area contributed by atoms with Gasteiger partial charge in [-0.05, 0) is 18.6 Å². The highest BCUT2D eigenvalue weighted by molar-refractivity contribution is 7.89. The highest BCUT2D eigenvalue weighted by Gasteiger charge is 2.14. The van der Waals surface area contributed by atoms with Crippen molar-refractivity contribution in [2.24, 2.45) is 5.14 Å². The third kappa shape index (κ3) is 4.76. The minimum absolute atomic E-state index is 0.0648. The Morgan fingerprint density at radius 3 is 2.74 bits per heavy atom. The van der Waals surface area contributed by atoms with Gasteiger partial charge in [0.1, 0.15) is 0 Å². The number of benzene rings is 1. The molecule has 1 rings (SSSR count). The number of aromatic hydroxyl groups is 1. The van der Waals surface area contributed by atoms with E-state index in [1.807, 2.05) is 0 Å². The molecule has 8 heteroatoms. The first kappa shape index (κ1) is 15.3. The van der Waals surface area contributed by atoms with Gasteiger partial charge in [-0.15, -0.1) is 0 Å². The number of nitrogens with two attached hydrogens (primary N) is 1. The standard InChI is InChI=1S/C11H16N2O5S/c1-18-9-5-2-4-8(10(9)14)11(15)13-6-3-7-19(12,16)17/h2,4-5,14H,3,6-7H2,1H3,(H,13,15)(H2,12,16,17). The highest BCUT2D eigenvalue weighted by atomic mass is 32.2. The molecule has 7 nitrogen and oxygen atoms in total. The highest BCUT2D eigenvalue weighted by Crippen LogP contribution is 2.28. The molecule has 0 radical (unpaired) electrons. The van der Waals surface area contributed by atoms with E-state index in [0.717, 1.165) is 0 Å². The number of methoxy groups -OCH3 is 1. The first-order valence-electron chi connectivity index (χ1n) is 5.50. The maximum atomic E-state index is 11.8. The van der Waals surface area contributed by atoms with Gasteiger partial charge >= 0.3 is 0 Å². The number of sulfonamides is 1. The Kier molecular flexibility index (Phi) is 5.13. The van der Waals surface area contributed by atoms with Crippen molar-refractivity contribution in [1.29, 1.82) is 0 Å². The molecular weight excluding hydrogens is 272 g/mol. The first-order valence-corrected chi connectivity index (χ1v) is 7.21. The summed E-state index contributed by atoms with van der Waals surface area (Å²) >= 11 is 0. The fourth-order valence-electron chi connectivity index (χ4n) is 1.44. The summed E-state index contributed by atoms with van der Waals surface area (Å²) in [6, 6.07) is 4.53. The number of rotatable bonds is 6. The zero-order valence-electron chi connectivity index (χ0n) is 10.4. The summed E-state index contributed by atoms with van der Waals surface area (Å²) in [5, 5.41) is 17.1. The van der Waals surface area contributed by atoms with Gasteiger partial charge in [-0.3, -0.25) is 4.79 Å². The molecule has 0 saturated heterocycles. The van der Waals surface area contributed by atoms with Gasteiger partial charge in [0.05, 0.1) is 18.4 Å². The fourth-order valence-corrected chi connectivity index (χ4v) is 1.99. The molecule has 0 aromatic heterocycles. The number of nitrogens with one attached hydrogen (secondary N) is 1. The number of hydrogen-bond donors (Lipinski definition) is 3. The van der Waals surface area contributed by atoms with Gasteiger partial charge in [-0.25, -0.2) is 13.6 Å². The Labute approximate surface area is 111 Å².